The lowest BCUT2D eigenvalue weighted by atomic mass is 9.82. The third-order valence-electron chi connectivity index (χ3n) is 10.3. The Labute approximate surface area is 266 Å². The summed E-state index contributed by atoms with van der Waals surface area (Å²) in [4.78, 5) is 5.14. The van der Waals surface area contributed by atoms with Crippen LogP contribution in [0.5, 0.6) is 0 Å². The fraction of sp³-hybridized carbons (Fsp3) is 0.475. The minimum absolute atomic E-state index is 0.0123. The van der Waals surface area contributed by atoms with E-state index in [0.29, 0.717) is 0 Å². The largest absolute Gasteiger partial charge is 0.344 e. The Morgan fingerprint density at radius 3 is 1.59 bits per heavy atom. The molecule has 1 N–H and O–H groups in total. The number of para-hydroxylation sites is 2. The van der Waals surface area contributed by atoms with E-state index in [-0.39, 0.29) is 10.8 Å². The Balaban J connectivity index is 1.42. The van der Waals surface area contributed by atoms with Crippen LogP contribution in [-0.2, 0) is 10.8 Å². The highest BCUT2D eigenvalue weighted by molar-refractivity contribution is 6.10. The zero-order valence-electron chi connectivity index (χ0n) is 28.0. The van der Waals surface area contributed by atoms with Crippen LogP contribution in [0.3, 0.4) is 0 Å². The van der Waals surface area contributed by atoms with Crippen LogP contribution in [0.1, 0.15) is 84.8 Å². The molecule has 0 atom stereocenters. The van der Waals surface area contributed by atoms with Crippen LogP contribution in [0.15, 0.2) is 95.4 Å². The van der Waals surface area contributed by atoms with Gasteiger partial charge < -0.3 is 15.1 Å². The third-order valence-corrected chi connectivity index (χ3v) is 10.3. The first kappa shape index (κ1) is 30.6. The lowest BCUT2D eigenvalue weighted by Crippen LogP contribution is -2.42. The number of nitrogens with zero attached hydrogens (tertiary/aromatic N) is 3. The summed E-state index contributed by atoms with van der Waals surface area (Å²) >= 11 is 0. The van der Waals surface area contributed by atoms with Crippen molar-refractivity contribution in [2.24, 2.45) is 0 Å². The molecule has 232 valence electrons. The molecule has 0 radical (unpaired) electrons. The summed E-state index contributed by atoms with van der Waals surface area (Å²) in [6.45, 7) is 20.5. The van der Waals surface area contributed by atoms with E-state index in [1.165, 1.54) is 57.2 Å². The van der Waals surface area contributed by atoms with Crippen molar-refractivity contribution in [1.82, 2.24) is 5.32 Å². The molecule has 44 heavy (non-hydrogen) atoms. The van der Waals surface area contributed by atoms with Crippen LogP contribution in [0.2, 0.25) is 0 Å². The fourth-order valence-electron chi connectivity index (χ4n) is 8.10. The zero-order chi connectivity index (χ0) is 30.9. The molecular formula is C40H53N4+. The Morgan fingerprint density at radius 1 is 0.682 bits per heavy atom. The molecule has 2 aromatic carbocycles. The van der Waals surface area contributed by atoms with Crippen LogP contribution in [-0.4, -0.2) is 49.6 Å². The lowest BCUT2D eigenvalue weighted by molar-refractivity contribution is -0.531. The fourth-order valence-corrected chi connectivity index (χ4v) is 8.10. The molecule has 1 aliphatic carbocycles. The van der Waals surface area contributed by atoms with Gasteiger partial charge in [-0.25, -0.2) is 4.58 Å². The average molecular weight is 590 g/mol. The SMILES string of the molecule is CCCN1/C(=C\C=C2\CCC/C(=C\C=C3\N(CCC)c4ccccc4C3(C)C)C2=[N+]2CCNCC2)C(C)(C)c2ccccc21. The van der Waals surface area contributed by atoms with Gasteiger partial charge in [0.1, 0.15) is 0 Å². The first-order chi connectivity index (χ1) is 21.3. The summed E-state index contributed by atoms with van der Waals surface area (Å²) in [6.07, 6.45) is 15.6. The highest BCUT2D eigenvalue weighted by Crippen LogP contribution is 2.49. The van der Waals surface area contributed by atoms with E-state index in [2.05, 4.69) is 134 Å². The van der Waals surface area contributed by atoms with Gasteiger partial charge in [-0.2, -0.15) is 0 Å². The molecule has 0 amide bonds. The maximum absolute atomic E-state index is 3.59. The highest BCUT2D eigenvalue weighted by atomic mass is 15.2. The smallest absolute Gasteiger partial charge is 0.206 e. The van der Waals surface area contributed by atoms with Gasteiger partial charge in [0.2, 0.25) is 5.71 Å². The highest BCUT2D eigenvalue weighted by Gasteiger charge is 2.40. The van der Waals surface area contributed by atoms with E-state index in [0.717, 1.165) is 65.0 Å². The molecule has 4 nitrogen and oxygen atoms in total. The second-order valence-corrected chi connectivity index (χ2v) is 14.0. The van der Waals surface area contributed by atoms with Gasteiger partial charge in [-0.3, -0.25) is 0 Å². The normalized spacial score (nSPS) is 24.6. The van der Waals surface area contributed by atoms with Crippen molar-refractivity contribution in [2.75, 3.05) is 49.1 Å². The van der Waals surface area contributed by atoms with Gasteiger partial charge in [-0.15, -0.1) is 0 Å². The van der Waals surface area contributed by atoms with Crippen LogP contribution < -0.4 is 15.1 Å². The van der Waals surface area contributed by atoms with E-state index in [9.17, 15) is 0 Å². The van der Waals surface area contributed by atoms with Crippen LogP contribution in [0.25, 0.3) is 0 Å². The van der Waals surface area contributed by atoms with Gasteiger partial charge in [-0.05, 0) is 67.5 Å². The molecular weight excluding hydrogens is 536 g/mol. The van der Waals surface area contributed by atoms with E-state index in [1.807, 2.05) is 0 Å². The number of hydrogen-bond acceptors (Lipinski definition) is 3. The number of fused-ring (bicyclic) bond motifs is 2. The number of rotatable bonds is 6. The molecule has 2 fully saturated rings. The maximum Gasteiger partial charge on any atom is 0.206 e. The van der Waals surface area contributed by atoms with E-state index in [1.54, 1.807) is 0 Å². The van der Waals surface area contributed by atoms with Gasteiger partial charge in [0.05, 0.1) is 13.1 Å². The van der Waals surface area contributed by atoms with Crippen molar-refractivity contribution < 1.29 is 4.58 Å². The number of piperazine rings is 1. The molecule has 3 heterocycles. The maximum atomic E-state index is 3.59. The summed E-state index contributed by atoms with van der Waals surface area (Å²) in [5, 5.41) is 3.59. The Hall–Kier alpha value is -3.37. The number of hydrogen-bond donors (Lipinski definition) is 1. The molecule has 4 heteroatoms. The first-order valence-corrected chi connectivity index (χ1v) is 17.2. The van der Waals surface area contributed by atoms with Gasteiger partial charge in [0, 0.05) is 57.8 Å². The minimum Gasteiger partial charge on any atom is -0.344 e. The van der Waals surface area contributed by atoms with E-state index >= 15 is 0 Å². The second kappa shape index (κ2) is 12.6. The van der Waals surface area contributed by atoms with E-state index in [4.69, 9.17) is 0 Å². The van der Waals surface area contributed by atoms with Crippen molar-refractivity contribution in [3.8, 4) is 0 Å². The summed E-state index contributed by atoms with van der Waals surface area (Å²) in [6, 6.07) is 18.0. The Morgan fingerprint density at radius 2 is 1.14 bits per heavy atom. The Kier molecular flexibility index (Phi) is 8.75. The number of allylic oxidation sites excluding steroid dienone is 8. The number of nitrogens with one attached hydrogen (secondary N) is 1. The number of benzene rings is 2. The molecule has 0 spiro atoms. The predicted octanol–water partition coefficient (Wildman–Crippen LogP) is 8.26. The van der Waals surface area contributed by atoms with Gasteiger partial charge in [-0.1, -0.05) is 90.1 Å². The topological polar surface area (TPSA) is 21.5 Å². The Bertz CT molecular complexity index is 1430. The molecule has 4 aliphatic rings. The zero-order valence-corrected chi connectivity index (χ0v) is 28.0. The molecule has 1 saturated carbocycles. The third kappa shape index (κ3) is 5.40. The van der Waals surface area contributed by atoms with Crippen molar-refractivity contribution in [2.45, 2.75) is 84.5 Å². The summed E-state index contributed by atoms with van der Waals surface area (Å²) in [7, 11) is 0. The second-order valence-electron chi connectivity index (χ2n) is 14.0. The molecule has 0 aromatic heterocycles. The first-order valence-electron chi connectivity index (χ1n) is 17.2. The van der Waals surface area contributed by atoms with Gasteiger partial charge in [0.25, 0.3) is 0 Å². The monoisotopic (exact) mass is 589 g/mol. The van der Waals surface area contributed by atoms with Gasteiger partial charge in [0.15, 0.2) is 13.1 Å². The van der Waals surface area contributed by atoms with Crippen LogP contribution in [0, 0.1) is 0 Å². The molecule has 6 rings (SSSR count). The molecule has 0 unspecified atom stereocenters. The van der Waals surface area contributed by atoms with E-state index < -0.39 is 0 Å². The quantitative estimate of drug-likeness (QED) is 0.343. The molecule has 1 saturated heterocycles. The van der Waals surface area contributed by atoms with Crippen molar-refractivity contribution in [3.63, 3.8) is 0 Å². The minimum atomic E-state index is -0.0123. The number of anilines is 2. The summed E-state index contributed by atoms with van der Waals surface area (Å²) in [5.41, 5.74) is 12.9. The molecule has 3 aliphatic heterocycles. The van der Waals surface area contributed by atoms with Gasteiger partial charge >= 0.3 is 0 Å². The average Bonchev–Trinajstić information content (AvgIpc) is 3.38. The van der Waals surface area contributed by atoms with Crippen molar-refractivity contribution >= 4 is 17.1 Å². The summed E-state index contributed by atoms with van der Waals surface area (Å²) < 4.78 is 2.67. The summed E-state index contributed by atoms with van der Waals surface area (Å²) in [5.74, 6) is 0. The molecule has 2 aromatic rings. The standard InChI is InChI=1S/C40H53N4/c1-7-26-43-34-18-11-9-16-32(34)39(3,4)36(43)22-20-30-14-13-15-31(38(30)42-28-24-41-25-29-42)21-23-37-40(5,6)33-17-10-12-19-35(33)44(37)27-8-2/h9-12,16-23,41H,7-8,13-15,24-29H2,1-6H3/q+1. The lowest BCUT2D eigenvalue weighted by Gasteiger charge is -2.27. The van der Waals surface area contributed by atoms with Crippen molar-refractivity contribution in [1.29, 1.82) is 0 Å². The van der Waals surface area contributed by atoms with Crippen LogP contribution >= 0.6 is 0 Å². The molecule has 0 bridgehead atoms. The van der Waals surface area contributed by atoms with Crippen LogP contribution in [0.4, 0.5) is 11.4 Å². The van der Waals surface area contributed by atoms with Crippen molar-refractivity contribution in [3.05, 3.63) is 107 Å². The predicted molar refractivity (Wildman–Crippen MR) is 188 cm³/mol.